The lowest BCUT2D eigenvalue weighted by molar-refractivity contribution is 0.572. The number of hydrogen-bond acceptors (Lipinski definition) is 5. The molecule has 0 aliphatic rings. The van der Waals surface area contributed by atoms with E-state index < -0.39 is 10.0 Å². The summed E-state index contributed by atoms with van der Waals surface area (Å²) in [5, 5.41) is 0.215. The summed E-state index contributed by atoms with van der Waals surface area (Å²) in [7, 11) is -3.72. The molecule has 0 bridgehead atoms. The number of nitrogens with zero attached hydrogens (tertiary/aromatic N) is 1. The fraction of sp³-hybridized carbons (Fsp3) is 0. The Labute approximate surface area is 140 Å². The van der Waals surface area contributed by atoms with E-state index in [2.05, 4.69) is 9.71 Å². The maximum absolute atomic E-state index is 12.2. The molecule has 5 nitrogen and oxygen atoms in total. The van der Waals surface area contributed by atoms with E-state index in [0.29, 0.717) is 11.4 Å². The average molecular weight is 375 g/mol. The average Bonchev–Trinajstić information content (AvgIpc) is 3.11. The number of anilines is 1. The van der Waals surface area contributed by atoms with Crippen molar-refractivity contribution in [2.24, 2.45) is 0 Å². The zero-order valence-electron chi connectivity index (χ0n) is 10.8. The maximum Gasteiger partial charge on any atom is 0.271 e. The summed E-state index contributed by atoms with van der Waals surface area (Å²) >= 11 is 12.5. The van der Waals surface area contributed by atoms with Crippen LogP contribution < -0.4 is 4.72 Å². The summed E-state index contributed by atoms with van der Waals surface area (Å²) in [6.07, 6.45) is 2.91. The molecule has 1 N–H and O–H groups in total. The first kappa shape index (κ1) is 15.4. The summed E-state index contributed by atoms with van der Waals surface area (Å²) in [6.45, 7) is 0. The van der Waals surface area contributed by atoms with Crippen LogP contribution in [0.2, 0.25) is 9.36 Å². The van der Waals surface area contributed by atoms with Crippen molar-refractivity contribution in [2.45, 2.75) is 4.21 Å². The molecule has 0 spiro atoms. The van der Waals surface area contributed by atoms with Gasteiger partial charge in [-0.15, -0.1) is 11.3 Å². The first-order chi connectivity index (χ1) is 10.5. The molecule has 0 fully saturated rings. The second-order valence-electron chi connectivity index (χ2n) is 4.24. The number of sulfonamides is 1. The monoisotopic (exact) mass is 374 g/mol. The van der Waals surface area contributed by atoms with Crippen LogP contribution in [0.1, 0.15) is 0 Å². The number of halogens is 2. The van der Waals surface area contributed by atoms with Crippen LogP contribution >= 0.6 is 34.5 Å². The van der Waals surface area contributed by atoms with Crippen LogP contribution in [0.25, 0.3) is 11.3 Å². The fourth-order valence-corrected chi connectivity index (χ4v) is 4.66. The van der Waals surface area contributed by atoms with E-state index in [1.54, 1.807) is 30.5 Å². The van der Waals surface area contributed by atoms with Crippen LogP contribution in [-0.2, 0) is 10.0 Å². The Balaban J connectivity index is 1.83. The molecule has 0 aliphatic heterocycles. The topological polar surface area (TPSA) is 72.2 Å². The first-order valence-corrected chi connectivity index (χ1v) is 8.98. The molecule has 3 rings (SSSR count). The Morgan fingerprint density at radius 1 is 1.18 bits per heavy atom. The Bertz CT molecular complexity index is 869. The minimum atomic E-state index is -3.72. The number of nitrogens with one attached hydrogen (secondary N) is 1. The Hall–Kier alpha value is -1.54. The van der Waals surface area contributed by atoms with Gasteiger partial charge in [0.1, 0.15) is 8.55 Å². The molecule has 0 amide bonds. The van der Waals surface area contributed by atoms with Crippen molar-refractivity contribution in [3.05, 3.63) is 52.3 Å². The van der Waals surface area contributed by atoms with Crippen LogP contribution in [0.5, 0.6) is 0 Å². The van der Waals surface area contributed by atoms with Crippen molar-refractivity contribution in [3.63, 3.8) is 0 Å². The van der Waals surface area contributed by atoms with E-state index in [9.17, 15) is 8.42 Å². The highest BCUT2D eigenvalue weighted by Gasteiger charge is 2.19. The molecule has 0 unspecified atom stereocenters. The third kappa shape index (κ3) is 3.12. The Kier molecular flexibility index (Phi) is 4.14. The SMILES string of the molecule is O=S(=O)(Nc1ccc(-c2cnco2)cc1)c1cc(Cl)c(Cl)s1. The molecule has 2 aromatic heterocycles. The molecule has 9 heteroatoms. The smallest absolute Gasteiger partial charge is 0.271 e. The van der Waals surface area contributed by atoms with E-state index in [0.717, 1.165) is 16.9 Å². The number of hydrogen-bond donors (Lipinski definition) is 1. The molecule has 1 aromatic carbocycles. The molecule has 0 atom stereocenters. The van der Waals surface area contributed by atoms with E-state index in [1.807, 2.05) is 0 Å². The summed E-state index contributed by atoms with van der Waals surface area (Å²) in [5.41, 5.74) is 1.21. The predicted molar refractivity (Wildman–Crippen MR) is 87.1 cm³/mol. The van der Waals surface area contributed by atoms with Gasteiger partial charge in [-0.2, -0.15) is 0 Å². The molecule has 22 heavy (non-hydrogen) atoms. The quantitative estimate of drug-likeness (QED) is 0.728. The third-order valence-corrected chi connectivity index (χ3v) is 6.46. The highest BCUT2D eigenvalue weighted by molar-refractivity contribution is 7.94. The number of benzene rings is 1. The molecule has 3 aromatic rings. The lowest BCUT2D eigenvalue weighted by Gasteiger charge is -2.06. The van der Waals surface area contributed by atoms with Crippen molar-refractivity contribution in [1.29, 1.82) is 0 Å². The van der Waals surface area contributed by atoms with Gasteiger partial charge in [-0.05, 0) is 30.3 Å². The van der Waals surface area contributed by atoms with Crippen LogP contribution in [0.15, 0.2) is 51.5 Å². The van der Waals surface area contributed by atoms with Crippen LogP contribution in [0.3, 0.4) is 0 Å². The molecule has 2 heterocycles. The standard InChI is InChI=1S/C13H8Cl2N2O3S2/c14-10-5-12(21-13(10)15)22(18,19)17-9-3-1-8(2-4-9)11-6-16-7-20-11/h1-7,17H. The van der Waals surface area contributed by atoms with Crippen molar-refractivity contribution < 1.29 is 12.8 Å². The van der Waals surface area contributed by atoms with Gasteiger partial charge in [0.15, 0.2) is 12.2 Å². The summed E-state index contributed by atoms with van der Waals surface area (Å²) in [5.74, 6) is 0.603. The molecular formula is C13H8Cl2N2O3S2. The van der Waals surface area contributed by atoms with Gasteiger partial charge in [-0.25, -0.2) is 13.4 Å². The van der Waals surface area contributed by atoms with Gasteiger partial charge in [0, 0.05) is 11.3 Å². The number of oxazole rings is 1. The Morgan fingerprint density at radius 2 is 1.91 bits per heavy atom. The summed E-state index contributed by atoms with van der Waals surface area (Å²) < 4.78 is 32.4. The van der Waals surface area contributed by atoms with Crippen LogP contribution in [-0.4, -0.2) is 13.4 Å². The summed E-state index contributed by atoms with van der Waals surface area (Å²) in [6, 6.07) is 8.04. The highest BCUT2D eigenvalue weighted by atomic mass is 35.5. The number of rotatable bonds is 4. The minimum absolute atomic E-state index is 0.0572. The van der Waals surface area contributed by atoms with E-state index in [-0.39, 0.29) is 13.6 Å². The van der Waals surface area contributed by atoms with Crippen molar-refractivity contribution in [1.82, 2.24) is 4.98 Å². The van der Waals surface area contributed by atoms with E-state index in [4.69, 9.17) is 27.6 Å². The highest BCUT2D eigenvalue weighted by Crippen LogP contribution is 2.35. The largest absolute Gasteiger partial charge is 0.444 e. The normalized spacial score (nSPS) is 11.5. The first-order valence-electron chi connectivity index (χ1n) is 5.92. The van der Waals surface area contributed by atoms with Crippen molar-refractivity contribution in [3.8, 4) is 11.3 Å². The van der Waals surface area contributed by atoms with Gasteiger partial charge < -0.3 is 4.42 Å². The van der Waals surface area contributed by atoms with Crippen LogP contribution in [0.4, 0.5) is 5.69 Å². The predicted octanol–water partition coefficient (Wildman–Crippen LogP) is 4.51. The van der Waals surface area contributed by atoms with Gasteiger partial charge in [-0.1, -0.05) is 23.2 Å². The molecule has 0 saturated carbocycles. The Morgan fingerprint density at radius 3 is 2.45 bits per heavy atom. The lowest BCUT2D eigenvalue weighted by atomic mass is 10.2. The van der Waals surface area contributed by atoms with Gasteiger partial charge in [0.05, 0.1) is 11.2 Å². The van der Waals surface area contributed by atoms with Gasteiger partial charge in [0.2, 0.25) is 0 Å². The van der Waals surface area contributed by atoms with E-state index in [1.165, 1.54) is 12.5 Å². The van der Waals surface area contributed by atoms with Crippen molar-refractivity contribution in [2.75, 3.05) is 4.72 Å². The number of aromatic nitrogens is 1. The molecule has 114 valence electrons. The van der Waals surface area contributed by atoms with Crippen LogP contribution in [0, 0.1) is 0 Å². The molecule has 0 aliphatic carbocycles. The van der Waals surface area contributed by atoms with Gasteiger partial charge >= 0.3 is 0 Å². The maximum atomic E-state index is 12.2. The molecule has 0 saturated heterocycles. The summed E-state index contributed by atoms with van der Waals surface area (Å²) in [4.78, 5) is 3.83. The second kappa shape index (κ2) is 5.92. The van der Waals surface area contributed by atoms with Gasteiger partial charge in [0.25, 0.3) is 10.0 Å². The van der Waals surface area contributed by atoms with Crippen molar-refractivity contribution >= 4 is 50.2 Å². The zero-order chi connectivity index (χ0) is 15.7. The van der Waals surface area contributed by atoms with Gasteiger partial charge in [-0.3, -0.25) is 4.72 Å². The minimum Gasteiger partial charge on any atom is -0.444 e. The zero-order valence-corrected chi connectivity index (χ0v) is 13.9. The second-order valence-corrected chi connectivity index (χ2v) is 8.21. The fourth-order valence-electron chi connectivity index (χ4n) is 1.73. The molecule has 0 radical (unpaired) electrons. The third-order valence-electron chi connectivity index (χ3n) is 2.74. The number of thiophene rings is 1. The van der Waals surface area contributed by atoms with E-state index >= 15 is 0 Å². The molecular weight excluding hydrogens is 367 g/mol. The lowest BCUT2D eigenvalue weighted by Crippen LogP contribution is -2.11.